The molecule has 24 heavy (non-hydrogen) atoms. The highest BCUT2D eigenvalue weighted by Gasteiger charge is 2.09. The molecular formula is C16H19F2N3O3. The summed E-state index contributed by atoms with van der Waals surface area (Å²) in [6.45, 7) is 0.0441. The van der Waals surface area contributed by atoms with E-state index >= 15 is 0 Å². The highest BCUT2D eigenvalue weighted by atomic mass is 19.3. The molecule has 0 saturated carbocycles. The monoisotopic (exact) mass is 339 g/mol. The van der Waals surface area contributed by atoms with E-state index in [-0.39, 0.29) is 11.7 Å². The van der Waals surface area contributed by atoms with Crippen LogP contribution >= 0.6 is 0 Å². The number of hydrogen-bond acceptors (Lipinski definition) is 5. The van der Waals surface area contributed by atoms with E-state index < -0.39 is 6.61 Å². The van der Waals surface area contributed by atoms with E-state index in [0.717, 1.165) is 5.56 Å². The Morgan fingerprint density at radius 1 is 1.38 bits per heavy atom. The Bertz CT molecular complexity index is 659. The molecule has 0 atom stereocenters. The average Bonchev–Trinajstić information content (AvgIpc) is 2.92. The Kier molecular flexibility index (Phi) is 6.25. The number of carbonyl (C=O) groups is 1. The smallest absolute Gasteiger partial charge is 0.387 e. The van der Waals surface area contributed by atoms with Gasteiger partial charge < -0.3 is 19.5 Å². The first-order valence-electron chi connectivity index (χ1n) is 7.38. The van der Waals surface area contributed by atoms with Gasteiger partial charge in [0.1, 0.15) is 11.5 Å². The van der Waals surface area contributed by atoms with Crippen molar-refractivity contribution in [2.75, 3.05) is 18.9 Å². The fraction of sp³-hybridized carbons (Fsp3) is 0.375. The summed E-state index contributed by atoms with van der Waals surface area (Å²) in [4.78, 5) is 13.8. The summed E-state index contributed by atoms with van der Waals surface area (Å²) in [7, 11) is 1.87. The van der Waals surface area contributed by atoms with Crippen molar-refractivity contribution in [3.05, 3.63) is 41.7 Å². The second kappa shape index (κ2) is 8.39. The predicted octanol–water partition coefficient (Wildman–Crippen LogP) is 3.05. The molecule has 0 aliphatic rings. The molecule has 0 unspecified atom stereocenters. The lowest BCUT2D eigenvalue weighted by atomic mass is 10.2. The van der Waals surface area contributed by atoms with Gasteiger partial charge in [-0.05, 0) is 31.7 Å². The molecule has 0 spiro atoms. The lowest BCUT2D eigenvalue weighted by Gasteiger charge is -2.16. The molecule has 0 fully saturated rings. The Balaban J connectivity index is 1.74. The highest BCUT2D eigenvalue weighted by Crippen LogP contribution is 2.16. The maximum atomic E-state index is 12.1. The third kappa shape index (κ3) is 5.96. The van der Waals surface area contributed by atoms with Crippen molar-refractivity contribution in [2.24, 2.45) is 0 Å². The molecule has 1 aromatic carbocycles. The average molecular weight is 339 g/mol. The van der Waals surface area contributed by atoms with Gasteiger partial charge in [0.2, 0.25) is 5.91 Å². The van der Waals surface area contributed by atoms with Gasteiger partial charge in [0.05, 0.1) is 0 Å². The van der Waals surface area contributed by atoms with Crippen LogP contribution in [0.4, 0.5) is 14.6 Å². The van der Waals surface area contributed by atoms with Crippen LogP contribution in [0.25, 0.3) is 0 Å². The van der Waals surface area contributed by atoms with E-state index in [1.807, 2.05) is 11.9 Å². The normalized spacial score (nSPS) is 11.1. The summed E-state index contributed by atoms with van der Waals surface area (Å²) in [6.07, 6.45) is 0.301. The van der Waals surface area contributed by atoms with Crippen molar-refractivity contribution in [1.82, 2.24) is 10.1 Å². The number of alkyl halides is 2. The number of aryl methyl sites for hydroxylation is 1. The first kappa shape index (κ1) is 17.9. The number of hydrogen-bond donors (Lipinski definition) is 1. The highest BCUT2D eigenvalue weighted by molar-refractivity contribution is 5.89. The van der Waals surface area contributed by atoms with Crippen LogP contribution in [-0.2, 0) is 11.3 Å². The molecule has 1 heterocycles. The van der Waals surface area contributed by atoms with Crippen LogP contribution in [0.15, 0.2) is 34.9 Å². The first-order chi connectivity index (χ1) is 11.4. The van der Waals surface area contributed by atoms with Crippen molar-refractivity contribution in [1.29, 1.82) is 0 Å². The third-order valence-electron chi connectivity index (χ3n) is 3.22. The van der Waals surface area contributed by atoms with Crippen molar-refractivity contribution >= 4 is 11.7 Å². The number of rotatable bonds is 8. The number of nitrogens with one attached hydrogen (secondary N) is 1. The van der Waals surface area contributed by atoms with E-state index in [1.54, 1.807) is 25.1 Å². The molecule has 8 heteroatoms. The number of ether oxygens (including phenoxy) is 1. The fourth-order valence-corrected chi connectivity index (χ4v) is 2.09. The van der Waals surface area contributed by atoms with E-state index in [2.05, 4.69) is 15.2 Å². The summed E-state index contributed by atoms with van der Waals surface area (Å²) >= 11 is 0. The number of amides is 1. The summed E-state index contributed by atoms with van der Waals surface area (Å²) in [5.74, 6) is 0.992. The van der Waals surface area contributed by atoms with Gasteiger partial charge in [-0.1, -0.05) is 17.3 Å². The van der Waals surface area contributed by atoms with E-state index in [9.17, 15) is 13.6 Å². The van der Waals surface area contributed by atoms with Gasteiger partial charge >= 0.3 is 6.61 Å². The lowest BCUT2D eigenvalue weighted by Crippen LogP contribution is -2.24. The molecule has 6 nitrogen and oxygen atoms in total. The van der Waals surface area contributed by atoms with E-state index in [0.29, 0.717) is 31.1 Å². The zero-order valence-electron chi connectivity index (χ0n) is 13.5. The lowest BCUT2D eigenvalue weighted by molar-refractivity contribution is -0.116. The molecule has 1 N–H and O–H groups in total. The molecular weight excluding hydrogens is 320 g/mol. The number of aromatic nitrogens is 1. The van der Waals surface area contributed by atoms with Crippen molar-refractivity contribution in [3.8, 4) is 5.75 Å². The maximum absolute atomic E-state index is 12.1. The van der Waals surface area contributed by atoms with Gasteiger partial charge in [0, 0.05) is 25.6 Å². The van der Waals surface area contributed by atoms with Crippen molar-refractivity contribution in [2.45, 2.75) is 26.5 Å². The topological polar surface area (TPSA) is 67.6 Å². The predicted molar refractivity (Wildman–Crippen MR) is 83.9 cm³/mol. The number of halogens is 2. The van der Waals surface area contributed by atoms with E-state index in [4.69, 9.17) is 4.52 Å². The minimum absolute atomic E-state index is 0.124. The quantitative estimate of drug-likeness (QED) is 0.801. The van der Waals surface area contributed by atoms with Gasteiger partial charge in [-0.25, -0.2) is 0 Å². The van der Waals surface area contributed by atoms with Crippen molar-refractivity contribution < 1.29 is 22.8 Å². The Hall–Kier alpha value is -2.48. The Morgan fingerprint density at radius 3 is 2.67 bits per heavy atom. The number of carbonyl (C=O) groups excluding carboxylic acids is 1. The van der Waals surface area contributed by atoms with Crippen LogP contribution in [0.3, 0.4) is 0 Å². The second-order valence-electron chi connectivity index (χ2n) is 5.38. The Labute approximate surface area is 138 Å². The first-order valence-corrected chi connectivity index (χ1v) is 7.38. The van der Waals surface area contributed by atoms with E-state index in [1.165, 1.54) is 12.1 Å². The molecule has 0 bridgehead atoms. The maximum Gasteiger partial charge on any atom is 0.387 e. The van der Waals surface area contributed by atoms with Gasteiger partial charge in [0.15, 0.2) is 5.82 Å². The number of anilines is 1. The fourth-order valence-electron chi connectivity index (χ4n) is 2.09. The summed E-state index contributed by atoms with van der Waals surface area (Å²) < 4.78 is 33.3. The standard InChI is InChI=1S/C16H19F2N3O3/c1-11-9-14(20-24-11)19-15(22)7-8-21(2)10-12-3-5-13(6-4-12)23-16(17)18/h3-6,9,16H,7-8,10H2,1-2H3,(H,19,20,22). The summed E-state index contributed by atoms with van der Waals surface area (Å²) in [5.41, 5.74) is 0.937. The zero-order valence-corrected chi connectivity index (χ0v) is 13.5. The molecule has 2 rings (SSSR count). The molecule has 0 aliphatic heterocycles. The largest absolute Gasteiger partial charge is 0.435 e. The molecule has 0 saturated heterocycles. The molecule has 0 radical (unpaired) electrons. The van der Waals surface area contributed by atoms with Crippen LogP contribution in [-0.4, -0.2) is 36.2 Å². The van der Waals surface area contributed by atoms with Crippen LogP contribution < -0.4 is 10.1 Å². The summed E-state index contributed by atoms with van der Waals surface area (Å²) in [5, 5.41) is 6.34. The van der Waals surface area contributed by atoms with Gasteiger partial charge in [0.25, 0.3) is 0 Å². The van der Waals surface area contributed by atoms with Crippen LogP contribution in [0.1, 0.15) is 17.7 Å². The van der Waals surface area contributed by atoms with Gasteiger partial charge in [-0.15, -0.1) is 0 Å². The minimum atomic E-state index is -2.83. The molecule has 0 aliphatic carbocycles. The number of nitrogens with zero attached hydrogens (tertiary/aromatic N) is 2. The third-order valence-corrected chi connectivity index (χ3v) is 3.22. The molecule has 2 aromatic rings. The zero-order chi connectivity index (χ0) is 17.5. The minimum Gasteiger partial charge on any atom is -0.435 e. The second-order valence-corrected chi connectivity index (χ2v) is 5.38. The van der Waals surface area contributed by atoms with Gasteiger partial charge in [-0.2, -0.15) is 8.78 Å². The summed E-state index contributed by atoms with van der Waals surface area (Å²) in [6, 6.07) is 8.06. The molecule has 130 valence electrons. The van der Waals surface area contributed by atoms with Crippen molar-refractivity contribution in [3.63, 3.8) is 0 Å². The van der Waals surface area contributed by atoms with Crippen LogP contribution in [0.5, 0.6) is 5.75 Å². The molecule has 1 amide bonds. The Morgan fingerprint density at radius 2 is 2.08 bits per heavy atom. The van der Waals surface area contributed by atoms with Gasteiger partial charge in [-0.3, -0.25) is 4.79 Å². The van der Waals surface area contributed by atoms with Crippen LogP contribution in [0.2, 0.25) is 0 Å². The SMILES string of the molecule is Cc1cc(NC(=O)CCN(C)Cc2ccc(OC(F)F)cc2)no1. The molecule has 1 aromatic heterocycles. The van der Waals surface area contributed by atoms with Crippen LogP contribution in [0, 0.1) is 6.92 Å². The number of benzene rings is 1.